The van der Waals surface area contributed by atoms with Crippen molar-refractivity contribution >= 4 is 0 Å². The molecule has 3 fully saturated rings. The molecule has 0 aromatic heterocycles. The molecule has 3 aliphatic heterocycles. The molecular weight excluding hydrogens is 511 g/mol. The van der Waals surface area contributed by atoms with Gasteiger partial charge < -0.3 is 46.6 Å². The zero-order chi connectivity index (χ0) is 27.8. The number of nitrogens with one attached hydrogen (secondary N) is 3. The first kappa shape index (κ1) is 33.2. The third kappa shape index (κ3) is 10.5. The van der Waals surface area contributed by atoms with Gasteiger partial charge in [-0.05, 0) is 6.92 Å². The number of alkyl halides is 7. The number of hydrogen-bond donors (Lipinski definition) is 9. The van der Waals surface area contributed by atoms with Crippen molar-refractivity contribution in [3.05, 3.63) is 0 Å². The number of halogens is 7. The van der Waals surface area contributed by atoms with Crippen LogP contribution in [0, 0.1) is 17.8 Å². The Labute approximate surface area is 203 Å². The van der Waals surface area contributed by atoms with Gasteiger partial charge in [0, 0.05) is 51.6 Å². The molecule has 9 atom stereocenters. The highest BCUT2D eigenvalue weighted by atomic mass is 19.4. The fraction of sp³-hybridized carbons (Fsp3) is 1.00. The normalized spacial score (nSPS) is 37.9. The van der Waals surface area contributed by atoms with E-state index in [2.05, 4.69) is 16.0 Å². The average molecular weight is 548 g/mol. The molecule has 0 aromatic rings. The SMILES string of the molecule is CC(F)(F)[C@H]1CNC[C@@H](O)[C@@H]1O.O[C@@H]1[C@@H](CC(F)F)CNC[C@H]1O.O[C@H]1[C@H](O)CNC[C@@H]1C(F)(F)F. The van der Waals surface area contributed by atoms with Gasteiger partial charge in [-0.3, -0.25) is 0 Å². The van der Waals surface area contributed by atoms with Gasteiger partial charge in [-0.1, -0.05) is 0 Å². The third-order valence-electron chi connectivity index (χ3n) is 6.24. The highest BCUT2D eigenvalue weighted by molar-refractivity contribution is 4.90. The van der Waals surface area contributed by atoms with Crippen LogP contribution in [-0.4, -0.2) is 125 Å². The summed E-state index contributed by atoms with van der Waals surface area (Å²) in [5.74, 6) is -6.54. The molecule has 3 heterocycles. The lowest BCUT2D eigenvalue weighted by atomic mass is 9.89. The van der Waals surface area contributed by atoms with E-state index in [9.17, 15) is 40.9 Å². The van der Waals surface area contributed by atoms with E-state index >= 15 is 0 Å². The van der Waals surface area contributed by atoms with E-state index < -0.39 is 72.9 Å². The smallest absolute Gasteiger partial charge is 0.390 e. The Kier molecular flexibility index (Phi) is 13.2. The number of piperidine rings is 3. The van der Waals surface area contributed by atoms with Crippen LogP contribution in [-0.2, 0) is 0 Å². The van der Waals surface area contributed by atoms with Crippen LogP contribution in [0.15, 0.2) is 0 Å². The number of aliphatic hydroxyl groups is 6. The van der Waals surface area contributed by atoms with Crippen LogP contribution < -0.4 is 16.0 Å². The first-order valence-corrected chi connectivity index (χ1v) is 11.4. The van der Waals surface area contributed by atoms with Crippen molar-refractivity contribution in [1.29, 1.82) is 0 Å². The maximum Gasteiger partial charge on any atom is 0.395 e. The molecule has 0 unspecified atom stereocenters. The number of aliphatic hydroxyl groups excluding tert-OH is 6. The molecule has 0 amide bonds. The summed E-state index contributed by atoms with van der Waals surface area (Å²) in [6, 6.07) is 0. The van der Waals surface area contributed by atoms with Crippen molar-refractivity contribution in [1.82, 2.24) is 16.0 Å². The van der Waals surface area contributed by atoms with Crippen molar-refractivity contribution < 1.29 is 61.4 Å². The summed E-state index contributed by atoms with van der Waals surface area (Å²) >= 11 is 0. The molecule has 9 nitrogen and oxygen atoms in total. The molecule has 36 heavy (non-hydrogen) atoms. The van der Waals surface area contributed by atoms with Crippen molar-refractivity contribution in [3.63, 3.8) is 0 Å². The summed E-state index contributed by atoms with van der Waals surface area (Å²) in [6.07, 6.45) is -14.6. The fourth-order valence-corrected chi connectivity index (χ4v) is 4.01. The summed E-state index contributed by atoms with van der Waals surface area (Å²) in [5.41, 5.74) is 0. The minimum absolute atomic E-state index is 0.00769. The van der Waals surface area contributed by atoms with Gasteiger partial charge in [0.05, 0.1) is 48.5 Å². The summed E-state index contributed by atoms with van der Waals surface area (Å²) in [5, 5.41) is 62.3. The lowest BCUT2D eigenvalue weighted by Crippen LogP contribution is -2.55. The molecule has 0 aliphatic carbocycles. The lowest BCUT2D eigenvalue weighted by molar-refractivity contribution is -0.217. The summed E-state index contributed by atoms with van der Waals surface area (Å²) in [7, 11) is 0. The largest absolute Gasteiger partial charge is 0.395 e. The Morgan fingerprint density at radius 1 is 0.639 bits per heavy atom. The van der Waals surface area contributed by atoms with Gasteiger partial charge >= 0.3 is 6.18 Å². The van der Waals surface area contributed by atoms with Crippen LogP contribution >= 0.6 is 0 Å². The maximum absolute atomic E-state index is 12.7. The van der Waals surface area contributed by atoms with Crippen LogP contribution in [0.3, 0.4) is 0 Å². The molecule has 3 aliphatic rings. The monoisotopic (exact) mass is 547 g/mol. The van der Waals surface area contributed by atoms with Crippen molar-refractivity contribution in [3.8, 4) is 0 Å². The molecule has 0 aromatic carbocycles. The van der Waals surface area contributed by atoms with Crippen molar-refractivity contribution in [2.24, 2.45) is 17.8 Å². The van der Waals surface area contributed by atoms with E-state index in [4.69, 9.17) is 20.4 Å². The predicted octanol–water partition coefficient (Wildman–Crippen LogP) is -1.34. The second-order valence-corrected chi connectivity index (χ2v) is 9.25. The third-order valence-corrected chi connectivity index (χ3v) is 6.24. The zero-order valence-electron chi connectivity index (χ0n) is 19.6. The van der Waals surface area contributed by atoms with E-state index in [-0.39, 0.29) is 39.1 Å². The molecule has 0 spiro atoms. The average Bonchev–Trinajstić information content (AvgIpc) is 2.74. The maximum atomic E-state index is 12.7. The van der Waals surface area contributed by atoms with Crippen LogP contribution in [0.5, 0.6) is 0 Å². The zero-order valence-corrected chi connectivity index (χ0v) is 19.6. The minimum atomic E-state index is -4.45. The Balaban J connectivity index is 0.000000270. The second-order valence-electron chi connectivity index (χ2n) is 9.25. The standard InChI is InChI=1S/2C7H13F2NO2.C6H10F3NO2/c1-7(8,9)4-2-10-3-5(11)6(4)12;8-6(9)1-4-2-10-3-5(11)7(4)12;7-6(8,9)3-1-10-2-4(11)5(3)12/h4-6,10-12H,2-3H2,1H3;4-7,10-12H,1-3H2;3-5,10-12H,1-2H2/t4-,5+,6+;4-,5+,7+;3-,4+,5+/m000/s1. The Morgan fingerprint density at radius 2 is 1.03 bits per heavy atom. The van der Waals surface area contributed by atoms with E-state index in [1.54, 1.807) is 0 Å². The predicted molar refractivity (Wildman–Crippen MR) is 112 cm³/mol. The molecule has 3 saturated heterocycles. The van der Waals surface area contributed by atoms with Crippen LogP contribution in [0.4, 0.5) is 30.7 Å². The number of β-amino-alcohol motifs (C(OH)–C–C–N with tert-alkyl or cyclic N) is 3. The highest BCUT2D eigenvalue weighted by Crippen LogP contribution is 2.31. The van der Waals surface area contributed by atoms with Crippen LogP contribution in [0.2, 0.25) is 0 Å². The van der Waals surface area contributed by atoms with E-state index in [1.165, 1.54) is 0 Å². The minimum Gasteiger partial charge on any atom is -0.390 e. The van der Waals surface area contributed by atoms with Crippen molar-refractivity contribution in [2.45, 2.75) is 68.5 Å². The van der Waals surface area contributed by atoms with Gasteiger partial charge in [-0.15, -0.1) is 0 Å². The summed E-state index contributed by atoms with van der Waals surface area (Å²) in [4.78, 5) is 0. The second kappa shape index (κ2) is 14.3. The fourth-order valence-electron chi connectivity index (χ4n) is 4.01. The van der Waals surface area contributed by atoms with Gasteiger partial charge in [0.15, 0.2) is 0 Å². The highest BCUT2D eigenvalue weighted by Gasteiger charge is 2.48. The van der Waals surface area contributed by atoms with Gasteiger partial charge in [-0.2, -0.15) is 13.2 Å². The number of hydrogen-bond acceptors (Lipinski definition) is 9. The Morgan fingerprint density at radius 3 is 1.39 bits per heavy atom. The Bertz CT molecular complexity index is 596. The Hall–Kier alpha value is -0.850. The van der Waals surface area contributed by atoms with E-state index in [0.29, 0.717) is 6.54 Å². The number of rotatable bonds is 3. The topological polar surface area (TPSA) is 157 Å². The molecular formula is C20H36F7N3O6. The van der Waals surface area contributed by atoms with Gasteiger partial charge in [0.1, 0.15) is 0 Å². The molecule has 3 rings (SSSR count). The lowest BCUT2D eigenvalue weighted by Gasteiger charge is -2.35. The quantitative estimate of drug-likeness (QED) is 0.195. The molecule has 216 valence electrons. The molecule has 0 bridgehead atoms. The van der Waals surface area contributed by atoms with Gasteiger partial charge in [-0.25, -0.2) is 17.6 Å². The van der Waals surface area contributed by atoms with E-state index in [1.807, 2.05) is 0 Å². The molecule has 16 heteroatoms. The van der Waals surface area contributed by atoms with Gasteiger partial charge in [0.25, 0.3) is 5.92 Å². The van der Waals surface area contributed by atoms with E-state index in [0.717, 1.165) is 6.92 Å². The molecule has 0 radical (unpaired) electrons. The molecule has 0 saturated carbocycles. The van der Waals surface area contributed by atoms with Crippen LogP contribution in [0.25, 0.3) is 0 Å². The molecule has 9 N–H and O–H groups in total. The van der Waals surface area contributed by atoms with Crippen molar-refractivity contribution in [2.75, 3.05) is 39.3 Å². The summed E-state index contributed by atoms with van der Waals surface area (Å²) in [6.45, 7) is 1.27. The first-order valence-electron chi connectivity index (χ1n) is 11.4. The summed E-state index contributed by atoms with van der Waals surface area (Å²) < 4.78 is 85.4. The van der Waals surface area contributed by atoms with Gasteiger partial charge in [0.2, 0.25) is 6.43 Å². The van der Waals surface area contributed by atoms with Crippen LogP contribution in [0.1, 0.15) is 13.3 Å². The first-order chi connectivity index (χ1) is 16.5.